The molecule has 2 unspecified atom stereocenters. The van der Waals surface area contributed by atoms with Crippen molar-refractivity contribution in [3.05, 3.63) is 0 Å². The molecule has 1 saturated heterocycles. The summed E-state index contributed by atoms with van der Waals surface area (Å²) in [4.78, 5) is 0. The van der Waals surface area contributed by atoms with Crippen LogP contribution in [0.25, 0.3) is 0 Å². The topological polar surface area (TPSA) is 12.0 Å². The monoisotopic (exact) mass is 87.1 g/mol. The third-order valence-electron chi connectivity index (χ3n) is 0.933. The van der Waals surface area contributed by atoms with E-state index in [1.807, 2.05) is 0 Å². The van der Waals surface area contributed by atoms with Crippen LogP contribution < -0.4 is 5.32 Å². The number of nitrogens with one attached hydrogen (secondary N) is 1. The molecule has 0 saturated carbocycles. The fraction of sp³-hybridized carbons (Fsp3) is 1.00. The van der Waals surface area contributed by atoms with Gasteiger partial charge < -0.3 is 5.32 Å². The Morgan fingerprint density at radius 3 is 2.17 bits per heavy atom. The Balaban J connectivity index is 2.23. The number of hydrogen-bond acceptors (Lipinski definition) is 1. The molecule has 1 nitrogen and oxygen atoms in total. The first kappa shape index (κ1) is 2.31. The molecule has 0 spiro atoms. The van der Waals surface area contributed by atoms with Crippen LogP contribution in [-0.4, -0.2) is 13.0 Å². The van der Waals surface area contributed by atoms with Crippen LogP contribution >= 0.6 is 0 Å². The van der Waals surface area contributed by atoms with Crippen molar-refractivity contribution in [1.29, 1.82) is 0 Å². The van der Waals surface area contributed by atoms with Crippen molar-refractivity contribution >= 4 is 0 Å². The summed E-state index contributed by atoms with van der Waals surface area (Å²) in [6.07, 6.45) is 2.86. The Morgan fingerprint density at radius 1 is 1.17 bits per heavy atom. The molecule has 0 aromatic rings. The van der Waals surface area contributed by atoms with Gasteiger partial charge in [0.15, 0.2) is 0 Å². The molecular formula is C5H11N. The second kappa shape index (κ2) is 2.19. The molecule has 0 radical (unpaired) electrons. The molecule has 2 atom stereocenters. The van der Waals surface area contributed by atoms with E-state index >= 15 is 0 Å². The van der Waals surface area contributed by atoms with Gasteiger partial charge in [-0.05, 0) is 25.9 Å². The first-order chi connectivity index (χ1) is 3.79. The van der Waals surface area contributed by atoms with Gasteiger partial charge in [-0.15, -0.1) is 0 Å². The van der Waals surface area contributed by atoms with E-state index < -0.39 is 0 Å². The summed E-state index contributed by atoms with van der Waals surface area (Å²) in [7, 11) is 0. The van der Waals surface area contributed by atoms with Gasteiger partial charge in [-0.25, -0.2) is 0 Å². The van der Waals surface area contributed by atoms with E-state index in [-0.39, 0.29) is 13.0 Å². The third kappa shape index (κ3) is 0.977. The van der Waals surface area contributed by atoms with Crippen LogP contribution in [0.2, 0.25) is 0 Å². The summed E-state index contributed by atoms with van der Waals surface area (Å²) in [6.45, 7) is -0.350. The molecule has 0 aromatic carbocycles. The molecule has 1 heteroatoms. The Morgan fingerprint density at radius 2 is 1.83 bits per heavy atom. The fourth-order valence-electron chi connectivity index (χ4n) is 0.572. The Kier molecular flexibility index (Phi) is 0.845. The van der Waals surface area contributed by atoms with Crippen molar-refractivity contribution in [2.45, 2.75) is 19.3 Å². The van der Waals surface area contributed by atoms with Crippen LogP contribution in [-0.2, 0) is 0 Å². The molecule has 1 heterocycles. The van der Waals surface area contributed by atoms with Crippen LogP contribution in [0, 0.1) is 0 Å². The molecule has 0 aromatic heterocycles. The van der Waals surface area contributed by atoms with E-state index in [0.717, 1.165) is 19.3 Å². The van der Waals surface area contributed by atoms with Crippen LogP contribution in [0.15, 0.2) is 0 Å². The molecule has 6 heavy (non-hydrogen) atoms. The van der Waals surface area contributed by atoms with Gasteiger partial charge in [-0.3, -0.25) is 0 Å². The summed E-state index contributed by atoms with van der Waals surface area (Å²) < 4.78 is 14.3. The summed E-state index contributed by atoms with van der Waals surface area (Å²) in [6, 6.07) is 0. The van der Waals surface area contributed by atoms with E-state index in [4.69, 9.17) is 2.74 Å². The first-order valence-corrected chi connectivity index (χ1v) is 2.39. The quantitative estimate of drug-likeness (QED) is 0.460. The summed E-state index contributed by atoms with van der Waals surface area (Å²) in [5.74, 6) is 0. The van der Waals surface area contributed by atoms with Crippen molar-refractivity contribution in [1.82, 2.24) is 5.32 Å². The van der Waals surface area contributed by atoms with Crippen LogP contribution in [0.1, 0.15) is 22.0 Å². The highest BCUT2D eigenvalue weighted by Gasteiger charge is 1.93. The van der Waals surface area contributed by atoms with E-state index in [1.54, 1.807) is 0 Å². The van der Waals surface area contributed by atoms with Crippen molar-refractivity contribution < 1.29 is 2.74 Å². The summed E-state index contributed by atoms with van der Waals surface area (Å²) in [5.41, 5.74) is 0. The van der Waals surface area contributed by atoms with Gasteiger partial charge >= 0.3 is 0 Å². The molecule has 1 aliphatic heterocycles. The molecule has 1 fully saturated rings. The summed E-state index contributed by atoms with van der Waals surface area (Å²) >= 11 is 0. The van der Waals surface area contributed by atoms with Gasteiger partial charge in [-0.1, -0.05) is 6.42 Å². The van der Waals surface area contributed by atoms with E-state index in [1.165, 1.54) is 0 Å². The molecule has 0 aliphatic carbocycles. The van der Waals surface area contributed by atoms with Crippen LogP contribution in [0.5, 0.6) is 0 Å². The molecule has 0 amide bonds. The predicted octanol–water partition coefficient (Wildman–Crippen LogP) is 0.760. The molecule has 0 bridgehead atoms. The first-order valence-electron chi connectivity index (χ1n) is 3.55. The minimum atomic E-state index is -0.175. The van der Waals surface area contributed by atoms with Crippen LogP contribution in [0.3, 0.4) is 0 Å². The summed E-state index contributed by atoms with van der Waals surface area (Å²) in [5, 5.41) is 2.81. The largest absolute Gasteiger partial charge is 0.317 e. The maximum atomic E-state index is 7.17. The van der Waals surface area contributed by atoms with Gasteiger partial charge in [0.25, 0.3) is 0 Å². The van der Waals surface area contributed by atoms with Crippen LogP contribution in [0.4, 0.5) is 0 Å². The van der Waals surface area contributed by atoms with Crippen molar-refractivity contribution in [2.24, 2.45) is 0 Å². The van der Waals surface area contributed by atoms with Gasteiger partial charge in [0.05, 0.1) is 0 Å². The highest BCUT2D eigenvalue weighted by molar-refractivity contribution is 4.55. The zero-order chi connectivity index (χ0) is 5.98. The second-order valence-corrected chi connectivity index (χ2v) is 1.51. The highest BCUT2D eigenvalue weighted by atomic mass is 14.9. The zero-order valence-electron chi connectivity index (χ0n) is 5.78. The van der Waals surface area contributed by atoms with Crippen molar-refractivity contribution in [2.75, 3.05) is 13.0 Å². The highest BCUT2D eigenvalue weighted by Crippen LogP contribution is 1.96. The molecule has 36 valence electrons. The minimum Gasteiger partial charge on any atom is -0.317 e. The van der Waals surface area contributed by atoms with Gasteiger partial charge in [0.1, 0.15) is 0 Å². The third-order valence-corrected chi connectivity index (χ3v) is 0.933. The molecule has 1 N–H and O–H groups in total. The fourth-order valence-corrected chi connectivity index (χ4v) is 0.572. The predicted molar refractivity (Wildman–Crippen MR) is 26.7 cm³/mol. The lowest BCUT2D eigenvalue weighted by atomic mass is 10.2. The minimum absolute atomic E-state index is 0.175. The average molecular weight is 87.2 g/mol. The standard InChI is InChI=1S/C5H11N/c1-2-4-6-5-3-1/h6H,1-5H2/i4D,5D. The van der Waals surface area contributed by atoms with Gasteiger partial charge in [0.2, 0.25) is 0 Å². The lowest BCUT2D eigenvalue weighted by molar-refractivity contribution is 0.520. The average Bonchev–Trinajstić information content (AvgIpc) is 1.64. The number of piperidine rings is 1. The maximum absolute atomic E-state index is 7.17. The smallest absolute Gasteiger partial charge is 0.0428 e. The van der Waals surface area contributed by atoms with E-state index in [0.29, 0.717) is 0 Å². The Hall–Kier alpha value is -0.0400. The SMILES string of the molecule is [2H]C1CCCC([2H])N1. The molecule has 1 rings (SSSR count). The lowest BCUT2D eigenvalue weighted by Crippen LogP contribution is -2.21. The number of hydrogen-bond donors (Lipinski definition) is 1. The molecular weight excluding hydrogens is 74.1 g/mol. The normalized spacial score (nSPS) is 53.3. The van der Waals surface area contributed by atoms with Gasteiger partial charge in [-0.2, -0.15) is 0 Å². The number of rotatable bonds is 0. The molecule has 1 aliphatic rings. The zero-order valence-corrected chi connectivity index (χ0v) is 3.78. The lowest BCUT2D eigenvalue weighted by Gasteiger charge is -2.08. The Bertz CT molecular complexity index is 68.8. The Labute approximate surface area is 41.6 Å². The maximum Gasteiger partial charge on any atom is 0.0428 e. The van der Waals surface area contributed by atoms with Crippen molar-refractivity contribution in [3.63, 3.8) is 0 Å². The second-order valence-electron chi connectivity index (χ2n) is 1.51. The van der Waals surface area contributed by atoms with Crippen molar-refractivity contribution in [3.8, 4) is 0 Å². The van der Waals surface area contributed by atoms with Gasteiger partial charge in [0, 0.05) is 2.74 Å². The van der Waals surface area contributed by atoms with E-state index in [2.05, 4.69) is 5.32 Å². The van der Waals surface area contributed by atoms with E-state index in [9.17, 15) is 0 Å².